The average molecular weight is 238 g/mol. The average Bonchev–Trinajstić information content (AvgIpc) is 2.32. The van der Waals surface area contributed by atoms with E-state index in [2.05, 4.69) is 5.32 Å². The van der Waals surface area contributed by atoms with Gasteiger partial charge in [-0.05, 0) is 44.0 Å². The molecule has 0 radical (unpaired) electrons. The fourth-order valence-electron chi connectivity index (χ4n) is 1.66. The van der Waals surface area contributed by atoms with Crippen LogP contribution in [0.4, 0.5) is 5.69 Å². The Balaban J connectivity index is 2.36. The molecule has 17 heavy (non-hydrogen) atoms. The summed E-state index contributed by atoms with van der Waals surface area (Å²) in [6.07, 6.45) is 2.02. The van der Waals surface area contributed by atoms with Gasteiger partial charge in [0.15, 0.2) is 0 Å². The quantitative estimate of drug-likeness (QED) is 0.470. The topological polar surface area (TPSA) is 67.5 Å². The van der Waals surface area contributed by atoms with E-state index in [1.807, 2.05) is 25.1 Å². The van der Waals surface area contributed by atoms with Crippen LogP contribution in [0, 0.1) is 0 Å². The number of nitrogens with one attached hydrogen (secondary N) is 1. The maximum atomic E-state index is 8.61. The van der Waals surface area contributed by atoms with Gasteiger partial charge < -0.3 is 20.9 Å². The predicted octanol–water partition coefficient (Wildman–Crippen LogP) is 1.18. The summed E-state index contributed by atoms with van der Waals surface area (Å²) in [6, 6.07) is 5.94. The van der Waals surface area contributed by atoms with Crippen molar-refractivity contribution in [3.8, 4) is 5.75 Å². The van der Waals surface area contributed by atoms with Gasteiger partial charge >= 0.3 is 0 Å². The Kier molecular flexibility index (Phi) is 6.43. The lowest BCUT2D eigenvalue weighted by molar-refractivity contribution is 0.292. The molecular weight excluding hydrogens is 216 g/mol. The standard InChI is InChI=1S/C13H22N2O2/c1-2-17-13-6-5-11(10-12(13)14)4-3-7-15-8-9-16/h5-6,10,15-16H,2-4,7-9,14H2,1H3. The number of ether oxygens (including phenoxy) is 1. The minimum absolute atomic E-state index is 0.190. The van der Waals surface area contributed by atoms with Crippen LogP contribution in [-0.4, -0.2) is 31.4 Å². The van der Waals surface area contributed by atoms with Gasteiger partial charge in [0, 0.05) is 6.54 Å². The minimum atomic E-state index is 0.190. The van der Waals surface area contributed by atoms with E-state index in [1.165, 1.54) is 5.56 Å². The third-order valence-corrected chi connectivity index (χ3v) is 2.48. The van der Waals surface area contributed by atoms with E-state index in [4.69, 9.17) is 15.6 Å². The van der Waals surface area contributed by atoms with Crippen LogP contribution >= 0.6 is 0 Å². The normalized spacial score (nSPS) is 10.5. The van der Waals surface area contributed by atoms with Gasteiger partial charge in [0.2, 0.25) is 0 Å². The Hall–Kier alpha value is -1.26. The van der Waals surface area contributed by atoms with Crippen LogP contribution in [0.3, 0.4) is 0 Å². The van der Waals surface area contributed by atoms with Crippen molar-refractivity contribution in [1.29, 1.82) is 0 Å². The molecule has 0 aliphatic rings. The van der Waals surface area contributed by atoms with E-state index in [9.17, 15) is 0 Å². The van der Waals surface area contributed by atoms with Gasteiger partial charge in [-0.1, -0.05) is 6.07 Å². The number of benzene rings is 1. The fraction of sp³-hybridized carbons (Fsp3) is 0.538. The van der Waals surface area contributed by atoms with Crippen molar-refractivity contribution in [2.45, 2.75) is 19.8 Å². The van der Waals surface area contributed by atoms with Crippen molar-refractivity contribution in [2.75, 3.05) is 32.0 Å². The van der Waals surface area contributed by atoms with E-state index >= 15 is 0 Å². The molecule has 0 aliphatic carbocycles. The third-order valence-electron chi connectivity index (χ3n) is 2.48. The van der Waals surface area contributed by atoms with Crippen molar-refractivity contribution in [1.82, 2.24) is 5.32 Å². The summed E-state index contributed by atoms with van der Waals surface area (Å²) in [7, 11) is 0. The van der Waals surface area contributed by atoms with Gasteiger partial charge in [-0.2, -0.15) is 0 Å². The third kappa shape index (κ3) is 5.06. The molecular formula is C13H22N2O2. The lowest BCUT2D eigenvalue weighted by Gasteiger charge is -2.09. The van der Waals surface area contributed by atoms with Crippen LogP contribution < -0.4 is 15.8 Å². The van der Waals surface area contributed by atoms with Crippen molar-refractivity contribution in [3.63, 3.8) is 0 Å². The van der Waals surface area contributed by atoms with Crippen LogP contribution in [0.2, 0.25) is 0 Å². The maximum Gasteiger partial charge on any atom is 0.142 e. The highest BCUT2D eigenvalue weighted by Crippen LogP contribution is 2.22. The second kappa shape index (κ2) is 7.92. The van der Waals surface area contributed by atoms with E-state index in [1.54, 1.807) is 0 Å². The van der Waals surface area contributed by atoms with E-state index < -0.39 is 0 Å². The number of nitrogens with two attached hydrogens (primary N) is 1. The fourth-order valence-corrected chi connectivity index (χ4v) is 1.66. The molecule has 0 aromatic heterocycles. The molecule has 0 amide bonds. The number of hydrogen-bond acceptors (Lipinski definition) is 4. The van der Waals surface area contributed by atoms with Crippen LogP contribution in [0.15, 0.2) is 18.2 Å². The summed E-state index contributed by atoms with van der Waals surface area (Å²) >= 11 is 0. The van der Waals surface area contributed by atoms with Crippen LogP contribution in [-0.2, 0) is 6.42 Å². The highest BCUT2D eigenvalue weighted by atomic mass is 16.5. The number of rotatable bonds is 8. The molecule has 1 rings (SSSR count). The first-order valence-electron chi connectivity index (χ1n) is 6.10. The molecule has 0 fully saturated rings. The van der Waals surface area contributed by atoms with Crippen molar-refractivity contribution in [2.24, 2.45) is 0 Å². The Bertz CT molecular complexity index is 329. The summed E-state index contributed by atoms with van der Waals surface area (Å²) in [5.41, 5.74) is 7.81. The summed E-state index contributed by atoms with van der Waals surface area (Å²) < 4.78 is 5.38. The molecule has 1 aromatic rings. The number of nitrogen functional groups attached to an aromatic ring is 1. The van der Waals surface area contributed by atoms with Gasteiger partial charge in [-0.3, -0.25) is 0 Å². The van der Waals surface area contributed by atoms with E-state index in [-0.39, 0.29) is 6.61 Å². The molecule has 0 saturated heterocycles. The number of aliphatic hydroxyl groups excluding tert-OH is 1. The van der Waals surface area contributed by atoms with Gasteiger partial charge in [-0.25, -0.2) is 0 Å². The van der Waals surface area contributed by atoms with Crippen LogP contribution in [0.25, 0.3) is 0 Å². The molecule has 0 bridgehead atoms. The lowest BCUT2D eigenvalue weighted by atomic mass is 10.1. The number of aryl methyl sites for hydroxylation is 1. The zero-order chi connectivity index (χ0) is 12.5. The monoisotopic (exact) mass is 238 g/mol. The second-order valence-electron chi connectivity index (χ2n) is 3.88. The van der Waals surface area contributed by atoms with Crippen LogP contribution in [0.5, 0.6) is 5.75 Å². The zero-order valence-electron chi connectivity index (χ0n) is 10.4. The maximum absolute atomic E-state index is 8.61. The first-order chi connectivity index (χ1) is 8.27. The summed E-state index contributed by atoms with van der Waals surface area (Å²) in [5.74, 6) is 0.759. The predicted molar refractivity (Wildman–Crippen MR) is 70.3 cm³/mol. The second-order valence-corrected chi connectivity index (χ2v) is 3.88. The van der Waals surface area contributed by atoms with Crippen molar-refractivity contribution < 1.29 is 9.84 Å². The smallest absolute Gasteiger partial charge is 0.142 e. The SMILES string of the molecule is CCOc1ccc(CCCNCCO)cc1N. The van der Waals surface area contributed by atoms with Gasteiger partial charge in [0.05, 0.1) is 18.9 Å². The number of hydrogen-bond donors (Lipinski definition) is 3. The minimum Gasteiger partial charge on any atom is -0.492 e. The van der Waals surface area contributed by atoms with Gasteiger partial charge in [-0.15, -0.1) is 0 Å². The van der Waals surface area contributed by atoms with Crippen LogP contribution in [0.1, 0.15) is 18.9 Å². The number of anilines is 1. The molecule has 0 unspecified atom stereocenters. The summed E-state index contributed by atoms with van der Waals surface area (Å²) in [4.78, 5) is 0. The Labute approximate surface area is 103 Å². The molecule has 1 aromatic carbocycles. The highest BCUT2D eigenvalue weighted by molar-refractivity contribution is 5.54. The lowest BCUT2D eigenvalue weighted by Crippen LogP contribution is -2.19. The first-order valence-corrected chi connectivity index (χ1v) is 6.10. The van der Waals surface area contributed by atoms with Crippen molar-refractivity contribution in [3.05, 3.63) is 23.8 Å². The first kappa shape index (κ1) is 13.8. The molecule has 4 heteroatoms. The molecule has 0 heterocycles. The molecule has 96 valence electrons. The summed E-state index contributed by atoms with van der Waals surface area (Å²) in [5, 5.41) is 11.8. The van der Waals surface area contributed by atoms with Gasteiger partial charge in [0.25, 0.3) is 0 Å². The van der Waals surface area contributed by atoms with Gasteiger partial charge in [0.1, 0.15) is 5.75 Å². The molecule has 0 spiro atoms. The zero-order valence-corrected chi connectivity index (χ0v) is 10.4. The molecule has 0 aliphatic heterocycles. The Morgan fingerprint density at radius 3 is 2.82 bits per heavy atom. The molecule has 4 nitrogen and oxygen atoms in total. The van der Waals surface area contributed by atoms with Crippen molar-refractivity contribution >= 4 is 5.69 Å². The molecule has 0 saturated carbocycles. The van der Waals surface area contributed by atoms with E-state index in [0.717, 1.165) is 25.1 Å². The number of aliphatic hydroxyl groups is 1. The Morgan fingerprint density at radius 2 is 2.18 bits per heavy atom. The molecule has 4 N–H and O–H groups in total. The highest BCUT2D eigenvalue weighted by Gasteiger charge is 2.01. The summed E-state index contributed by atoms with van der Waals surface area (Å²) in [6.45, 7) is 4.34. The van der Waals surface area contributed by atoms with E-state index in [0.29, 0.717) is 18.8 Å². The molecule has 0 atom stereocenters. The Morgan fingerprint density at radius 1 is 1.35 bits per heavy atom. The largest absolute Gasteiger partial charge is 0.492 e.